The molecule has 26 heavy (non-hydrogen) atoms. The third-order valence-corrected chi connectivity index (χ3v) is 5.81. The van der Waals surface area contributed by atoms with Crippen LogP contribution in [0.25, 0.3) is 15.9 Å². The smallest absolute Gasteiger partial charge is 0.260 e. The van der Waals surface area contributed by atoms with Crippen LogP contribution in [0.2, 0.25) is 5.02 Å². The maximum Gasteiger partial charge on any atom is 0.436 e. The monoisotopic (exact) mass is 400 g/mol. The maximum atomic E-state index is 13.0. The molecule has 0 radical (unpaired) electrons. The standard InChI is InChI=1S/C15H12ClF3N6S/c1-6-8(3)26-14-10(6)13-21-9(22-25(13)5-20-14)4-24-7(2)11(16)12(23-24)15(17,18)19/h5H,4H2,1-3H3. The van der Waals surface area contributed by atoms with Gasteiger partial charge in [0.05, 0.1) is 16.1 Å². The number of alkyl halides is 3. The highest BCUT2D eigenvalue weighted by Crippen LogP contribution is 2.35. The van der Waals surface area contributed by atoms with E-state index >= 15 is 0 Å². The fourth-order valence-electron chi connectivity index (χ4n) is 2.75. The van der Waals surface area contributed by atoms with Gasteiger partial charge < -0.3 is 0 Å². The molecule has 0 fully saturated rings. The molecule has 0 aromatic carbocycles. The van der Waals surface area contributed by atoms with Crippen molar-refractivity contribution in [1.29, 1.82) is 0 Å². The molecule has 4 rings (SSSR count). The molecule has 0 atom stereocenters. The Balaban J connectivity index is 1.80. The van der Waals surface area contributed by atoms with Gasteiger partial charge in [0.25, 0.3) is 0 Å². The number of hydrogen-bond acceptors (Lipinski definition) is 5. The molecule has 0 spiro atoms. The molecule has 0 aliphatic rings. The normalized spacial score (nSPS) is 12.6. The summed E-state index contributed by atoms with van der Waals surface area (Å²) in [5.74, 6) is 0.332. The maximum absolute atomic E-state index is 13.0. The van der Waals surface area contributed by atoms with E-state index in [9.17, 15) is 13.2 Å². The SMILES string of the molecule is Cc1sc2ncn3nc(Cn4nc(C(F)(F)F)c(Cl)c4C)nc3c2c1C. The highest BCUT2D eigenvalue weighted by molar-refractivity contribution is 7.18. The second-order valence-corrected chi connectivity index (χ2v) is 7.49. The Morgan fingerprint density at radius 2 is 1.92 bits per heavy atom. The van der Waals surface area contributed by atoms with Gasteiger partial charge in [-0.25, -0.2) is 14.5 Å². The minimum atomic E-state index is -4.61. The molecule has 0 aliphatic carbocycles. The Hall–Kier alpha value is -2.20. The molecule has 0 aliphatic heterocycles. The predicted octanol–water partition coefficient (Wildman–Crippen LogP) is 4.18. The second kappa shape index (κ2) is 5.65. The summed E-state index contributed by atoms with van der Waals surface area (Å²) in [5.41, 5.74) is 0.802. The van der Waals surface area contributed by atoms with Gasteiger partial charge in [-0.3, -0.25) is 4.68 Å². The zero-order chi connectivity index (χ0) is 18.8. The summed E-state index contributed by atoms with van der Waals surface area (Å²) in [7, 11) is 0. The van der Waals surface area contributed by atoms with Crippen molar-refractivity contribution < 1.29 is 13.2 Å². The summed E-state index contributed by atoms with van der Waals surface area (Å²) in [6, 6.07) is 0. The van der Waals surface area contributed by atoms with Gasteiger partial charge in [0.2, 0.25) is 0 Å². The average Bonchev–Trinajstić information content (AvgIpc) is 3.17. The van der Waals surface area contributed by atoms with Crippen molar-refractivity contribution in [2.75, 3.05) is 0 Å². The van der Waals surface area contributed by atoms with Crippen molar-refractivity contribution in [3.63, 3.8) is 0 Å². The summed E-state index contributed by atoms with van der Waals surface area (Å²) in [6.45, 7) is 5.44. The molecule has 6 nitrogen and oxygen atoms in total. The molecular weight excluding hydrogens is 389 g/mol. The second-order valence-electron chi connectivity index (χ2n) is 5.91. The summed E-state index contributed by atoms with van der Waals surface area (Å²) in [4.78, 5) is 10.8. The van der Waals surface area contributed by atoms with Gasteiger partial charge in [-0.05, 0) is 26.3 Å². The van der Waals surface area contributed by atoms with Gasteiger partial charge in [0.1, 0.15) is 17.7 Å². The highest BCUT2D eigenvalue weighted by atomic mass is 35.5. The molecule has 0 amide bonds. The number of aromatic nitrogens is 6. The lowest BCUT2D eigenvalue weighted by Crippen LogP contribution is -2.10. The van der Waals surface area contributed by atoms with E-state index in [1.165, 1.54) is 11.4 Å². The fraction of sp³-hybridized carbons (Fsp3) is 0.333. The first-order valence-corrected chi connectivity index (χ1v) is 8.76. The lowest BCUT2D eigenvalue weighted by Gasteiger charge is -2.01. The van der Waals surface area contributed by atoms with E-state index in [0.29, 0.717) is 11.5 Å². The lowest BCUT2D eigenvalue weighted by atomic mass is 10.2. The molecular formula is C15H12ClF3N6S. The summed E-state index contributed by atoms with van der Waals surface area (Å²) < 4.78 is 41.6. The molecule has 0 saturated heterocycles. The number of halogens is 4. The molecule has 0 N–H and O–H groups in total. The van der Waals surface area contributed by atoms with Crippen molar-refractivity contribution in [3.05, 3.63) is 39.0 Å². The van der Waals surface area contributed by atoms with Gasteiger partial charge in [0, 0.05) is 4.88 Å². The van der Waals surface area contributed by atoms with Gasteiger partial charge >= 0.3 is 6.18 Å². The van der Waals surface area contributed by atoms with Crippen LogP contribution in [-0.4, -0.2) is 29.4 Å². The van der Waals surface area contributed by atoms with Crippen LogP contribution in [0.15, 0.2) is 6.33 Å². The highest BCUT2D eigenvalue weighted by Gasteiger charge is 2.38. The molecule has 0 unspecified atom stereocenters. The van der Waals surface area contributed by atoms with Gasteiger partial charge in [-0.15, -0.1) is 16.4 Å². The molecule has 4 aromatic rings. The fourth-order valence-corrected chi connectivity index (χ4v) is 3.98. The van der Waals surface area contributed by atoms with Gasteiger partial charge in [0.15, 0.2) is 17.2 Å². The minimum absolute atomic E-state index is 0.0209. The van der Waals surface area contributed by atoms with E-state index in [2.05, 4.69) is 20.2 Å². The van der Waals surface area contributed by atoms with Crippen molar-refractivity contribution in [2.45, 2.75) is 33.5 Å². The summed E-state index contributed by atoms with van der Waals surface area (Å²) in [5, 5.41) is 8.40. The molecule has 11 heteroatoms. The number of fused-ring (bicyclic) bond motifs is 3. The molecule has 0 saturated carbocycles. The van der Waals surface area contributed by atoms with Crippen molar-refractivity contribution in [2.24, 2.45) is 0 Å². The van der Waals surface area contributed by atoms with E-state index in [1.54, 1.807) is 17.7 Å². The van der Waals surface area contributed by atoms with E-state index < -0.39 is 16.9 Å². The topological polar surface area (TPSA) is 60.9 Å². The Kier molecular flexibility index (Phi) is 3.74. The van der Waals surface area contributed by atoms with Crippen LogP contribution in [0.4, 0.5) is 13.2 Å². The predicted molar refractivity (Wildman–Crippen MR) is 91.7 cm³/mol. The molecule has 4 heterocycles. The van der Waals surface area contributed by atoms with Crippen LogP contribution in [0.1, 0.15) is 27.7 Å². The van der Waals surface area contributed by atoms with Gasteiger partial charge in [-0.1, -0.05) is 11.6 Å². The lowest BCUT2D eigenvalue weighted by molar-refractivity contribution is -0.141. The Bertz CT molecular complexity index is 1160. The first-order chi connectivity index (χ1) is 12.2. The first-order valence-electron chi connectivity index (χ1n) is 7.57. The van der Waals surface area contributed by atoms with Gasteiger partial charge in [-0.2, -0.15) is 18.3 Å². The average molecular weight is 401 g/mol. The zero-order valence-electron chi connectivity index (χ0n) is 13.9. The van der Waals surface area contributed by atoms with E-state index in [4.69, 9.17) is 11.6 Å². The summed E-state index contributed by atoms with van der Waals surface area (Å²) >= 11 is 7.35. The number of thiophene rings is 1. The van der Waals surface area contributed by atoms with Crippen LogP contribution < -0.4 is 0 Å². The van der Waals surface area contributed by atoms with Crippen LogP contribution in [-0.2, 0) is 12.7 Å². The van der Waals surface area contributed by atoms with E-state index in [-0.39, 0.29) is 12.2 Å². The van der Waals surface area contributed by atoms with Crippen LogP contribution in [0.5, 0.6) is 0 Å². The first kappa shape index (κ1) is 17.2. The van der Waals surface area contributed by atoms with Crippen molar-refractivity contribution >= 4 is 38.8 Å². The minimum Gasteiger partial charge on any atom is -0.260 e. The largest absolute Gasteiger partial charge is 0.436 e. The Morgan fingerprint density at radius 1 is 1.19 bits per heavy atom. The third kappa shape index (κ3) is 2.55. The number of rotatable bonds is 2. The van der Waals surface area contributed by atoms with Crippen molar-refractivity contribution in [3.8, 4) is 0 Å². The van der Waals surface area contributed by atoms with E-state index in [0.717, 1.165) is 25.3 Å². The molecule has 0 bridgehead atoms. The Morgan fingerprint density at radius 3 is 2.58 bits per heavy atom. The zero-order valence-corrected chi connectivity index (χ0v) is 15.5. The van der Waals surface area contributed by atoms with Crippen LogP contribution >= 0.6 is 22.9 Å². The van der Waals surface area contributed by atoms with Crippen molar-refractivity contribution in [1.82, 2.24) is 29.4 Å². The van der Waals surface area contributed by atoms with Crippen LogP contribution in [0, 0.1) is 20.8 Å². The number of nitrogens with zero attached hydrogens (tertiary/aromatic N) is 6. The molecule has 136 valence electrons. The summed E-state index contributed by atoms with van der Waals surface area (Å²) in [6.07, 6.45) is -3.06. The Labute approximate surface area is 154 Å². The van der Waals surface area contributed by atoms with E-state index in [1.807, 2.05) is 13.8 Å². The molecule has 4 aromatic heterocycles. The quantitative estimate of drug-likeness (QED) is 0.506. The number of aryl methyl sites for hydroxylation is 2. The third-order valence-electron chi connectivity index (χ3n) is 4.24. The number of hydrogen-bond donors (Lipinski definition) is 0. The van der Waals surface area contributed by atoms with Crippen LogP contribution in [0.3, 0.4) is 0 Å².